The number of benzene rings is 1. The molecule has 0 atom stereocenters. The summed E-state index contributed by atoms with van der Waals surface area (Å²) >= 11 is 5.83. The average molecular weight is 266 g/mol. The van der Waals surface area contributed by atoms with E-state index in [-0.39, 0.29) is 12.4 Å². The van der Waals surface area contributed by atoms with Gasteiger partial charge in [-0.25, -0.2) is 4.57 Å². The van der Waals surface area contributed by atoms with Crippen molar-refractivity contribution < 1.29 is 17.0 Å². The number of rotatable bonds is 2. The van der Waals surface area contributed by atoms with E-state index < -0.39 is 0 Å². The molecule has 17 heavy (non-hydrogen) atoms. The predicted molar refractivity (Wildman–Crippen MR) is 68.0 cm³/mol. The Morgan fingerprint density at radius 3 is 2.35 bits per heavy atom. The summed E-state index contributed by atoms with van der Waals surface area (Å²) in [5, 5.41) is 0.766. The number of pyridine rings is 1. The summed E-state index contributed by atoms with van der Waals surface area (Å²) in [5.41, 5.74) is 2.31. The van der Waals surface area contributed by atoms with Gasteiger partial charge in [0.05, 0.1) is 0 Å². The van der Waals surface area contributed by atoms with Crippen molar-refractivity contribution in [2.45, 2.75) is 0 Å². The van der Waals surface area contributed by atoms with E-state index in [0.717, 1.165) is 16.3 Å². The second kappa shape index (κ2) is 6.43. The Morgan fingerprint density at radius 1 is 1.00 bits per heavy atom. The largest absolute Gasteiger partial charge is 1.00 e. The van der Waals surface area contributed by atoms with Crippen molar-refractivity contribution in [2.75, 3.05) is 0 Å². The van der Waals surface area contributed by atoms with Gasteiger partial charge < -0.3 is 12.4 Å². The van der Waals surface area contributed by atoms with Crippen molar-refractivity contribution in [3.8, 4) is 0 Å². The molecule has 0 saturated heterocycles. The molecule has 0 aliphatic rings. The Morgan fingerprint density at radius 2 is 1.71 bits per heavy atom. The van der Waals surface area contributed by atoms with Crippen LogP contribution in [-0.2, 0) is 7.05 Å². The molecule has 0 aliphatic heterocycles. The van der Waals surface area contributed by atoms with Crippen molar-refractivity contribution in [1.82, 2.24) is 0 Å². The highest BCUT2D eigenvalue weighted by Crippen LogP contribution is 2.11. The smallest absolute Gasteiger partial charge is 0.204 e. The summed E-state index contributed by atoms with van der Waals surface area (Å²) in [6, 6.07) is 13.9. The number of aromatic nitrogens is 1. The lowest BCUT2D eigenvalue weighted by Crippen LogP contribution is -3.00. The van der Waals surface area contributed by atoms with Crippen LogP contribution in [0, 0.1) is 0 Å². The predicted octanol–water partition coefficient (Wildman–Crippen LogP) is 0.339. The number of hydrogen-bond donors (Lipinski definition) is 0. The summed E-state index contributed by atoms with van der Waals surface area (Å²) in [6.45, 7) is 0. The first-order chi connectivity index (χ1) is 7.75. The van der Waals surface area contributed by atoms with Gasteiger partial charge in [-0.15, -0.1) is 0 Å². The lowest BCUT2D eigenvalue weighted by molar-refractivity contribution is -0.673. The Hall–Kier alpha value is -1.31. The first-order valence-electron chi connectivity index (χ1n) is 5.14. The third kappa shape index (κ3) is 3.88. The van der Waals surface area contributed by atoms with E-state index in [0.29, 0.717) is 0 Å². The highest BCUT2D eigenvalue weighted by atomic mass is 35.5. The van der Waals surface area contributed by atoms with Crippen LogP contribution in [0.3, 0.4) is 0 Å². The number of halogens is 2. The monoisotopic (exact) mass is 265 g/mol. The molecule has 2 aromatic rings. The Bertz CT molecular complexity index is 504. The average Bonchev–Trinajstić information content (AvgIpc) is 2.30. The Labute approximate surface area is 113 Å². The molecule has 1 heterocycles. The van der Waals surface area contributed by atoms with Crippen molar-refractivity contribution in [1.29, 1.82) is 0 Å². The Balaban J connectivity index is 0.00000144. The van der Waals surface area contributed by atoms with E-state index in [1.165, 1.54) is 0 Å². The second-order valence-electron chi connectivity index (χ2n) is 3.62. The topological polar surface area (TPSA) is 3.88 Å². The van der Waals surface area contributed by atoms with Gasteiger partial charge in [0, 0.05) is 23.2 Å². The van der Waals surface area contributed by atoms with Gasteiger partial charge in [0.25, 0.3) is 0 Å². The molecule has 0 unspecified atom stereocenters. The Kier molecular flexibility index (Phi) is 5.20. The highest BCUT2D eigenvalue weighted by Gasteiger charge is 1.98. The van der Waals surface area contributed by atoms with Crippen LogP contribution in [0.4, 0.5) is 0 Å². The van der Waals surface area contributed by atoms with Gasteiger partial charge in [-0.2, -0.15) is 0 Å². The molecule has 0 aliphatic carbocycles. The van der Waals surface area contributed by atoms with Crippen LogP contribution in [0.2, 0.25) is 5.02 Å². The maximum Gasteiger partial charge on any atom is 0.204 e. The van der Waals surface area contributed by atoms with E-state index >= 15 is 0 Å². The molecule has 0 fully saturated rings. The zero-order valence-corrected chi connectivity index (χ0v) is 11.0. The normalized spacial score (nSPS) is 10.2. The molecule has 0 bridgehead atoms. The zero-order chi connectivity index (χ0) is 11.4. The van der Waals surface area contributed by atoms with Crippen molar-refractivity contribution in [2.24, 2.45) is 7.05 Å². The molecule has 3 heteroatoms. The molecular formula is C14H13Cl2N. The van der Waals surface area contributed by atoms with E-state index in [2.05, 4.69) is 22.8 Å². The number of aryl methyl sites for hydroxylation is 1. The summed E-state index contributed by atoms with van der Waals surface area (Å²) < 4.78 is 2.08. The van der Waals surface area contributed by atoms with Gasteiger partial charge in [-0.1, -0.05) is 23.7 Å². The van der Waals surface area contributed by atoms with Gasteiger partial charge in [-0.3, -0.25) is 0 Å². The van der Waals surface area contributed by atoms with E-state index in [1.54, 1.807) is 0 Å². The fourth-order valence-electron chi connectivity index (χ4n) is 1.47. The fourth-order valence-corrected chi connectivity index (χ4v) is 1.59. The molecule has 1 aromatic heterocycles. The minimum atomic E-state index is 0. The molecule has 0 radical (unpaired) electrons. The van der Waals surface area contributed by atoms with Crippen LogP contribution in [0.15, 0.2) is 48.7 Å². The number of hydrogen-bond acceptors (Lipinski definition) is 0. The van der Waals surface area contributed by atoms with E-state index in [4.69, 9.17) is 11.6 Å². The van der Waals surface area contributed by atoms with Gasteiger partial charge in [0.2, 0.25) is 5.69 Å². The van der Waals surface area contributed by atoms with Gasteiger partial charge in [0.15, 0.2) is 6.20 Å². The number of nitrogens with zero attached hydrogens (tertiary/aromatic N) is 1. The summed E-state index contributed by atoms with van der Waals surface area (Å²) in [4.78, 5) is 0. The van der Waals surface area contributed by atoms with Crippen LogP contribution < -0.4 is 17.0 Å². The summed E-state index contributed by atoms with van der Waals surface area (Å²) in [6.07, 6.45) is 6.19. The minimum absolute atomic E-state index is 0. The molecule has 0 N–H and O–H groups in total. The van der Waals surface area contributed by atoms with Crippen LogP contribution in [0.5, 0.6) is 0 Å². The fraction of sp³-hybridized carbons (Fsp3) is 0.0714. The minimum Gasteiger partial charge on any atom is -1.00 e. The molecule has 88 valence electrons. The second-order valence-corrected chi connectivity index (χ2v) is 4.06. The zero-order valence-electron chi connectivity index (χ0n) is 9.48. The quantitative estimate of drug-likeness (QED) is 0.690. The first-order valence-corrected chi connectivity index (χ1v) is 5.52. The molecule has 1 nitrogen and oxygen atoms in total. The summed E-state index contributed by atoms with van der Waals surface area (Å²) in [5.74, 6) is 0. The van der Waals surface area contributed by atoms with Crippen molar-refractivity contribution in [3.63, 3.8) is 0 Å². The standard InChI is InChI=1S/C14H13ClN.ClH/c1-16-11-3-2-4-14(16)10-7-12-5-8-13(15)9-6-12;/h2-11H,1H3;1H/q+1;/p-1/b10-7+;. The van der Waals surface area contributed by atoms with Gasteiger partial charge >= 0.3 is 0 Å². The molecule has 0 saturated carbocycles. The van der Waals surface area contributed by atoms with Crippen LogP contribution in [0.25, 0.3) is 12.2 Å². The first kappa shape index (κ1) is 13.8. The molecule has 0 spiro atoms. The maximum atomic E-state index is 5.83. The third-order valence-corrected chi connectivity index (χ3v) is 2.66. The lowest BCUT2D eigenvalue weighted by Gasteiger charge is -1.94. The SMILES string of the molecule is C[n+]1ccccc1/C=C/c1ccc(Cl)cc1.[Cl-]. The molecule has 2 rings (SSSR count). The van der Waals surface area contributed by atoms with Crippen molar-refractivity contribution in [3.05, 3.63) is 64.9 Å². The van der Waals surface area contributed by atoms with E-state index in [1.807, 2.05) is 49.6 Å². The van der Waals surface area contributed by atoms with E-state index in [9.17, 15) is 0 Å². The molecule has 0 amide bonds. The lowest BCUT2D eigenvalue weighted by atomic mass is 10.2. The maximum absolute atomic E-state index is 5.83. The van der Waals surface area contributed by atoms with Gasteiger partial charge in [0.1, 0.15) is 7.05 Å². The highest BCUT2D eigenvalue weighted by molar-refractivity contribution is 6.30. The van der Waals surface area contributed by atoms with Crippen LogP contribution >= 0.6 is 11.6 Å². The van der Waals surface area contributed by atoms with Crippen molar-refractivity contribution >= 4 is 23.8 Å². The molecular weight excluding hydrogens is 253 g/mol. The third-order valence-electron chi connectivity index (χ3n) is 2.41. The molecule has 1 aromatic carbocycles. The van der Waals surface area contributed by atoms with Gasteiger partial charge in [-0.05, 0) is 29.8 Å². The summed E-state index contributed by atoms with van der Waals surface area (Å²) in [7, 11) is 2.03. The van der Waals surface area contributed by atoms with Crippen LogP contribution in [-0.4, -0.2) is 0 Å². The van der Waals surface area contributed by atoms with Crippen LogP contribution in [0.1, 0.15) is 11.3 Å².